The predicted octanol–water partition coefficient (Wildman–Crippen LogP) is 2.94. The zero-order chi connectivity index (χ0) is 12.3. The predicted molar refractivity (Wildman–Crippen MR) is 69.0 cm³/mol. The van der Waals surface area contributed by atoms with E-state index >= 15 is 0 Å². The Morgan fingerprint density at radius 2 is 2.11 bits per heavy atom. The van der Waals surface area contributed by atoms with Gasteiger partial charge in [0, 0.05) is 12.2 Å². The van der Waals surface area contributed by atoms with E-state index in [1.54, 1.807) is 6.07 Å². The van der Waals surface area contributed by atoms with Crippen LogP contribution in [0.1, 0.15) is 41.1 Å². The van der Waals surface area contributed by atoms with E-state index in [1.165, 1.54) is 24.8 Å². The summed E-state index contributed by atoms with van der Waals surface area (Å²) < 4.78 is 0. The Morgan fingerprint density at radius 1 is 1.28 bits per heavy atom. The Balaban J connectivity index is 1.81. The first-order chi connectivity index (χ1) is 8.74. The van der Waals surface area contributed by atoms with Crippen LogP contribution in [0.5, 0.6) is 0 Å². The van der Waals surface area contributed by atoms with Gasteiger partial charge >= 0.3 is 5.97 Å². The van der Waals surface area contributed by atoms with Gasteiger partial charge in [-0.25, -0.2) is 4.79 Å². The number of fused-ring (bicyclic) bond motifs is 7. The first-order valence-corrected chi connectivity index (χ1v) is 6.85. The van der Waals surface area contributed by atoms with Crippen molar-refractivity contribution in [3.8, 4) is 0 Å². The third-order valence-corrected chi connectivity index (χ3v) is 5.27. The summed E-state index contributed by atoms with van der Waals surface area (Å²) in [6.07, 6.45) is 4.07. The lowest BCUT2D eigenvalue weighted by Gasteiger charge is -2.37. The van der Waals surface area contributed by atoms with Crippen LogP contribution in [0, 0.1) is 17.8 Å². The smallest absolute Gasteiger partial charge is 0.335 e. The molecular formula is C15H17NO2. The van der Waals surface area contributed by atoms with Crippen molar-refractivity contribution in [1.29, 1.82) is 0 Å². The van der Waals surface area contributed by atoms with Crippen molar-refractivity contribution in [3.63, 3.8) is 0 Å². The van der Waals surface area contributed by atoms with Crippen molar-refractivity contribution in [2.24, 2.45) is 17.8 Å². The number of hydrogen-bond donors (Lipinski definition) is 2. The summed E-state index contributed by atoms with van der Waals surface area (Å²) in [7, 11) is 0. The van der Waals surface area contributed by atoms with Gasteiger partial charge in [-0.15, -0.1) is 0 Å². The summed E-state index contributed by atoms with van der Waals surface area (Å²) in [4.78, 5) is 11.1. The zero-order valence-corrected chi connectivity index (χ0v) is 10.2. The number of aromatic carboxylic acids is 1. The summed E-state index contributed by atoms with van der Waals surface area (Å²) >= 11 is 0. The molecule has 2 N–H and O–H groups in total. The van der Waals surface area contributed by atoms with Crippen molar-refractivity contribution >= 4 is 11.7 Å². The molecule has 0 aromatic heterocycles. The lowest BCUT2D eigenvalue weighted by molar-refractivity contribution is 0.0696. The van der Waals surface area contributed by atoms with Crippen LogP contribution in [-0.4, -0.2) is 17.6 Å². The first-order valence-electron chi connectivity index (χ1n) is 6.85. The molecule has 1 heterocycles. The number of carboxylic acids is 1. The molecule has 0 saturated heterocycles. The molecular weight excluding hydrogens is 226 g/mol. The molecule has 0 spiro atoms. The topological polar surface area (TPSA) is 49.3 Å². The molecule has 18 heavy (non-hydrogen) atoms. The molecule has 2 bridgehead atoms. The van der Waals surface area contributed by atoms with E-state index in [2.05, 4.69) is 5.32 Å². The van der Waals surface area contributed by atoms with Gasteiger partial charge in [0.15, 0.2) is 0 Å². The summed E-state index contributed by atoms with van der Waals surface area (Å²) in [5.74, 6) is 2.20. The van der Waals surface area contributed by atoms with Crippen LogP contribution in [-0.2, 0) is 0 Å². The van der Waals surface area contributed by atoms with Crippen LogP contribution >= 0.6 is 0 Å². The number of nitrogens with one attached hydrogen (secondary N) is 1. The number of benzene rings is 1. The lowest BCUT2D eigenvalue weighted by atomic mass is 9.73. The van der Waals surface area contributed by atoms with E-state index in [0.29, 0.717) is 11.5 Å². The SMILES string of the molecule is O=C(O)c1ccc2c(c1)C1C3CCC(C3)C1CN2. The molecule has 1 aromatic carbocycles. The molecule has 0 radical (unpaired) electrons. The molecule has 2 fully saturated rings. The van der Waals surface area contributed by atoms with Gasteiger partial charge in [-0.05, 0) is 66.7 Å². The van der Waals surface area contributed by atoms with Gasteiger partial charge in [-0.3, -0.25) is 0 Å². The highest BCUT2D eigenvalue weighted by Crippen LogP contribution is 2.59. The fraction of sp³-hybridized carbons (Fsp3) is 0.533. The number of carbonyl (C=O) groups is 1. The number of hydrogen-bond acceptors (Lipinski definition) is 2. The largest absolute Gasteiger partial charge is 0.478 e. The minimum absolute atomic E-state index is 0.430. The van der Waals surface area contributed by atoms with E-state index in [0.717, 1.165) is 30.0 Å². The molecule has 0 amide bonds. The Bertz CT molecular complexity index is 525. The first kappa shape index (κ1) is 10.4. The van der Waals surface area contributed by atoms with Gasteiger partial charge in [0.1, 0.15) is 0 Å². The molecule has 3 heteroatoms. The monoisotopic (exact) mass is 243 g/mol. The van der Waals surface area contributed by atoms with E-state index in [1.807, 2.05) is 12.1 Å². The zero-order valence-electron chi connectivity index (χ0n) is 10.2. The molecule has 4 atom stereocenters. The fourth-order valence-corrected chi connectivity index (χ4v) is 4.55. The second-order valence-electron chi connectivity index (χ2n) is 6.01. The quantitative estimate of drug-likeness (QED) is 0.797. The molecule has 3 aliphatic rings. The van der Waals surface area contributed by atoms with Crippen molar-refractivity contribution in [2.75, 3.05) is 11.9 Å². The highest BCUT2D eigenvalue weighted by Gasteiger charge is 2.49. The normalized spacial score (nSPS) is 35.8. The highest BCUT2D eigenvalue weighted by atomic mass is 16.4. The summed E-state index contributed by atoms with van der Waals surface area (Å²) in [5.41, 5.74) is 2.85. The molecule has 3 nitrogen and oxygen atoms in total. The highest BCUT2D eigenvalue weighted by molar-refractivity contribution is 5.88. The van der Waals surface area contributed by atoms with Crippen LogP contribution in [0.3, 0.4) is 0 Å². The van der Waals surface area contributed by atoms with Crippen LogP contribution < -0.4 is 5.32 Å². The lowest BCUT2D eigenvalue weighted by Crippen LogP contribution is -2.32. The third kappa shape index (κ3) is 1.27. The van der Waals surface area contributed by atoms with Crippen LogP contribution in [0.15, 0.2) is 18.2 Å². The van der Waals surface area contributed by atoms with Crippen molar-refractivity contribution in [1.82, 2.24) is 0 Å². The molecule has 2 saturated carbocycles. The van der Waals surface area contributed by atoms with Gasteiger partial charge in [-0.2, -0.15) is 0 Å². The average Bonchev–Trinajstić information content (AvgIpc) is 2.99. The van der Waals surface area contributed by atoms with Gasteiger partial charge in [0.25, 0.3) is 0 Å². The fourth-order valence-electron chi connectivity index (χ4n) is 4.55. The Morgan fingerprint density at radius 3 is 2.94 bits per heavy atom. The van der Waals surface area contributed by atoms with E-state index in [-0.39, 0.29) is 0 Å². The summed E-state index contributed by atoms with van der Waals surface area (Å²) in [5, 5.41) is 12.6. The van der Waals surface area contributed by atoms with Crippen molar-refractivity contribution in [2.45, 2.75) is 25.2 Å². The minimum atomic E-state index is -0.817. The standard InChI is InChI=1S/C15H17NO2/c17-15(18)10-3-4-13-11(6-10)14-9-2-1-8(5-9)12(14)7-16-13/h3-4,6,8-9,12,14,16H,1-2,5,7H2,(H,17,18). The summed E-state index contributed by atoms with van der Waals surface area (Å²) in [6.45, 7) is 1.07. The Kier molecular flexibility index (Phi) is 2.02. The molecule has 4 unspecified atom stereocenters. The second kappa shape index (κ2) is 3.50. The summed E-state index contributed by atoms with van der Waals surface area (Å²) in [6, 6.07) is 5.56. The second-order valence-corrected chi connectivity index (χ2v) is 6.01. The van der Waals surface area contributed by atoms with Crippen LogP contribution in [0.2, 0.25) is 0 Å². The van der Waals surface area contributed by atoms with E-state index < -0.39 is 5.97 Å². The number of anilines is 1. The Hall–Kier alpha value is -1.51. The maximum Gasteiger partial charge on any atom is 0.335 e. The maximum atomic E-state index is 11.1. The molecule has 2 aliphatic carbocycles. The molecule has 1 aliphatic heterocycles. The third-order valence-electron chi connectivity index (χ3n) is 5.27. The van der Waals surface area contributed by atoms with Crippen molar-refractivity contribution < 1.29 is 9.90 Å². The molecule has 4 rings (SSSR count). The Labute approximate surface area is 106 Å². The maximum absolute atomic E-state index is 11.1. The number of carboxylic acid groups (broad SMARTS) is 1. The van der Waals surface area contributed by atoms with Crippen LogP contribution in [0.4, 0.5) is 5.69 Å². The van der Waals surface area contributed by atoms with Gasteiger partial charge in [0.05, 0.1) is 5.56 Å². The average molecular weight is 243 g/mol. The van der Waals surface area contributed by atoms with E-state index in [9.17, 15) is 4.79 Å². The number of rotatable bonds is 1. The van der Waals surface area contributed by atoms with Crippen LogP contribution in [0.25, 0.3) is 0 Å². The molecule has 1 aromatic rings. The van der Waals surface area contributed by atoms with Gasteiger partial charge in [-0.1, -0.05) is 0 Å². The van der Waals surface area contributed by atoms with E-state index in [4.69, 9.17) is 5.11 Å². The van der Waals surface area contributed by atoms with Crippen molar-refractivity contribution in [3.05, 3.63) is 29.3 Å². The van der Waals surface area contributed by atoms with Gasteiger partial charge < -0.3 is 10.4 Å². The van der Waals surface area contributed by atoms with Gasteiger partial charge in [0.2, 0.25) is 0 Å². The molecule has 94 valence electrons. The minimum Gasteiger partial charge on any atom is -0.478 e.